The maximum absolute atomic E-state index is 14.8. The predicted molar refractivity (Wildman–Crippen MR) is 175 cm³/mol. The SMILES string of the molecule is COc1ccc(-c2sc(C(=O)N3CCC(OC(=O)NC(C)(C)C)CC3)cc2-c2ccc(C#N)c(F)c2)cc1OCc1ccccc1. The molecule has 238 valence electrons. The number of rotatable bonds is 8. The van der Waals surface area contributed by atoms with E-state index in [0.29, 0.717) is 60.0 Å². The van der Waals surface area contributed by atoms with Crippen LogP contribution in [0, 0.1) is 17.1 Å². The number of carbonyl (C=O) groups excluding carboxylic acids is 2. The van der Waals surface area contributed by atoms with Crippen molar-refractivity contribution in [3.63, 3.8) is 0 Å². The number of halogens is 1. The summed E-state index contributed by atoms with van der Waals surface area (Å²) in [6, 6.07) is 23.4. The Balaban J connectivity index is 1.42. The van der Waals surface area contributed by atoms with Crippen LogP contribution in [0.4, 0.5) is 9.18 Å². The van der Waals surface area contributed by atoms with Crippen molar-refractivity contribution in [1.82, 2.24) is 10.2 Å². The van der Waals surface area contributed by atoms with Gasteiger partial charge in [0, 0.05) is 41.9 Å². The smallest absolute Gasteiger partial charge is 0.407 e. The summed E-state index contributed by atoms with van der Waals surface area (Å²) < 4.78 is 32.1. The Labute approximate surface area is 272 Å². The molecule has 1 aromatic heterocycles. The molecule has 10 heteroatoms. The van der Waals surface area contributed by atoms with Crippen LogP contribution in [0.5, 0.6) is 11.5 Å². The second-order valence-corrected chi connectivity index (χ2v) is 13.1. The predicted octanol–water partition coefficient (Wildman–Crippen LogP) is 7.81. The van der Waals surface area contributed by atoms with E-state index in [4.69, 9.17) is 14.2 Å². The van der Waals surface area contributed by atoms with E-state index >= 15 is 0 Å². The zero-order valence-corrected chi connectivity index (χ0v) is 27.1. The lowest BCUT2D eigenvalue weighted by molar-refractivity contribution is 0.0407. The molecular formula is C36H36FN3O5S. The van der Waals surface area contributed by atoms with Crippen LogP contribution < -0.4 is 14.8 Å². The normalized spacial score (nSPS) is 13.5. The lowest BCUT2D eigenvalue weighted by Crippen LogP contribution is -2.45. The van der Waals surface area contributed by atoms with Gasteiger partial charge in [-0.25, -0.2) is 9.18 Å². The average molecular weight is 642 g/mol. The molecule has 4 aromatic rings. The maximum Gasteiger partial charge on any atom is 0.407 e. The molecule has 0 bridgehead atoms. The van der Waals surface area contributed by atoms with E-state index in [1.807, 2.05) is 69.3 Å². The van der Waals surface area contributed by atoms with E-state index in [9.17, 15) is 19.2 Å². The molecule has 5 rings (SSSR count). The Morgan fingerprint density at radius 2 is 1.72 bits per heavy atom. The fourth-order valence-electron chi connectivity index (χ4n) is 5.18. The van der Waals surface area contributed by atoms with E-state index in [-0.39, 0.29) is 17.6 Å². The molecule has 0 radical (unpaired) electrons. The summed E-state index contributed by atoms with van der Waals surface area (Å²) >= 11 is 1.31. The van der Waals surface area contributed by atoms with Crippen molar-refractivity contribution in [2.24, 2.45) is 0 Å². The summed E-state index contributed by atoms with van der Waals surface area (Å²) in [5.41, 5.74) is 2.51. The monoisotopic (exact) mass is 641 g/mol. The zero-order chi connectivity index (χ0) is 32.8. The molecule has 0 atom stereocenters. The first kappa shape index (κ1) is 32.5. The summed E-state index contributed by atoms with van der Waals surface area (Å²) in [6.07, 6.45) is 0.299. The molecular weight excluding hydrogens is 605 g/mol. The summed E-state index contributed by atoms with van der Waals surface area (Å²) in [7, 11) is 1.57. The Morgan fingerprint density at radius 3 is 2.37 bits per heavy atom. The first-order chi connectivity index (χ1) is 22.0. The fraction of sp³-hybridized carbons (Fsp3) is 0.306. The zero-order valence-electron chi connectivity index (χ0n) is 26.3. The molecule has 1 saturated heterocycles. The number of hydrogen-bond donors (Lipinski definition) is 1. The van der Waals surface area contributed by atoms with Gasteiger partial charge in [0.2, 0.25) is 0 Å². The highest BCUT2D eigenvalue weighted by atomic mass is 32.1. The van der Waals surface area contributed by atoms with Crippen molar-refractivity contribution in [1.29, 1.82) is 5.26 Å². The van der Waals surface area contributed by atoms with E-state index in [0.717, 1.165) is 16.0 Å². The minimum atomic E-state index is -0.635. The Hall–Kier alpha value is -4.88. The van der Waals surface area contributed by atoms with Gasteiger partial charge in [-0.2, -0.15) is 5.26 Å². The quantitative estimate of drug-likeness (QED) is 0.211. The van der Waals surface area contributed by atoms with Crippen LogP contribution in [0.2, 0.25) is 0 Å². The number of alkyl carbamates (subject to hydrolysis) is 1. The molecule has 2 heterocycles. The largest absolute Gasteiger partial charge is 0.493 e. The van der Waals surface area contributed by atoms with Crippen molar-refractivity contribution >= 4 is 23.3 Å². The van der Waals surface area contributed by atoms with Gasteiger partial charge >= 0.3 is 6.09 Å². The van der Waals surface area contributed by atoms with E-state index < -0.39 is 17.4 Å². The minimum absolute atomic E-state index is 0.0563. The molecule has 3 aromatic carbocycles. The van der Waals surface area contributed by atoms with Crippen molar-refractivity contribution in [3.05, 3.63) is 94.6 Å². The average Bonchev–Trinajstić information content (AvgIpc) is 3.49. The van der Waals surface area contributed by atoms with Crippen molar-refractivity contribution in [3.8, 4) is 39.1 Å². The third kappa shape index (κ3) is 7.85. The lowest BCUT2D eigenvalue weighted by Gasteiger charge is -2.32. The highest BCUT2D eigenvalue weighted by molar-refractivity contribution is 7.18. The molecule has 1 aliphatic rings. The second-order valence-electron chi connectivity index (χ2n) is 12.1. The highest BCUT2D eigenvalue weighted by Crippen LogP contribution is 2.43. The number of benzene rings is 3. The van der Waals surface area contributed by atoms with Gasteiger partial charge in [-0.15, -0.1) is 11.3 Å². The molecule has 1 aliphatic heterocycles. The fourth-order valence-corrected chi connectivity index (χ4v) is 6.33. The number of ether oxygens (including phenoxy) is 3. The number of nitrogens with one attached hydrogen (secondary N) is 1. The molecule has 8 nitrogen and oxygen atoms in total. The van der Waals surface area contributed by atoms with Gasteiger partial charge in [0.05, 0.1) is 17.6 Å². The Bertz CT molecular complexity index is 1750. The van der Waals surface area contributed by atoms with Crippen molar-refractivity contribution in [2.75, 3.05) is 20.2 Å². The topological polar surface area (TPSA) is 101 Å². The van der Waals surface area contributed by atoms with Crippen LogP contribution in [0.15, 0.2) is 72.8 Å². The van der Waals surface area contributed by atoms with Crippen molar-refractivity contribution in [2.45, 2.75) is 51.9 Å². The Kier molecular flexibility index (Phi) is 9.93. The summed E-state index contributed by atoms with van der Waals surface area (Å²) in [6.45, 7) is 6.85. The molecule has 1 fully saturated rings. The van der Waals surface area contributed by atoms with Crippen LogP contribution in [0.25, 0.3) is 21.6 Å². The van der Waals surface area contributed by atoms with Crippen molar-refractivity contribution < 1.29 is 28.2 Å². The number of nitrogens with zero attached hydrogens (tertiary/aromatic N) is 2. The maximum atomic E-state index is 14.8. The number of amides is 2. The number of nitriles is 1. The number of hydrogen-bond acceptors (Lipinski definition) is 7. The number of methoxy groups -OCH3 is 1. The first-order valence-electron chi connectivity index (χ1n) is 15.0. The van der Waals surface area contributed by atoms with Gasteiger partial charge in [0.15, 0.2) is 11.5 Å². The van der Waals surface area contributed by atoms with Gasteiger partial charge in [-0.1, -0.05) is 36.4 Å². The number of piperidine rings is 1. The van der Waals surface area contributed by atoms with Gasteiger partial charge in [-0.05, 0) is 73.9 Å². The first-order valence-corrected chi connectivity index (χ1v) is 15.8. The number of carbonyl (C=O) groups is 2. The van der Waals surface area contributed by atoms with E-state index in [1.165, 1.54) is 23.5 Å². The third-order valence-electron chi connectivity index (χ3n) is 7.49. The van der Waals surface area contributed by atoms with Crippen LogP contribution in [-0.2, 0) is 11.3 Å². The highest BCUT2D eigenvalue weighted by Gasteiger charge is 2.29. The van der Waals surface area contributed by atoms with Crippen LogP contribution in [0.3, 0.4) is 0 Å². The summed E-state index contributed by atoms with van der Waals surface area (Å²) in [5, 5.41) is 12.1. The molecule has 1 N–H and O–H groups in total. The lowest BCUT2D eigenvalue weighted by atomic mass is 10.0. The number of likely N-dealkylation sites (tertiary alicyclic amines) is 1. The van der Waals surface area contributed by atoms with E-state index in [1.54, 1.807) is 30.2 Å². The molecule has 0 saturated carbocycles. The minimum Gasteiger partial charge on any atom is -0.493 e. The molecule has 2 amide bonds. The van der Waals surface area contributed by atoms with Gasteiger partial charge in [0.25, 0.3) is 5.91 Å². The van der Waals surface area contributed by atoms with Crippen LogP contribution in [0.1, 0.15) is 54.4 Å². The summed E-state index contributed by atoms with van der Waals surface area (Å²) in [4.78, 5) is 29.0. The molecule has 0 aliphatic carbocycles. The van der Waals surface area contributed by atoms with Crippen LogP contribution in [-0.4, -0.2) is 48.7 Å². The second kappa shape index (κ2) is 14.0. The standard InChI is InChI=1S/C36H36FN3O5S/c1-36(2,3)39-35(42)45-27-14-16-40(17-15-27)34(41)32-20-28(24-10-11-26(21-38)29(37)18-24)33(46-32)25-12-13-30(43-4)31(19-25)44-22-23-8-6-5-7-9-23/h5-13,18-20,27H,14-17,22H2,1-4H3,(H,39,42). The molecule has 0 unspecified atom stereocenters. The Morgan fingerprint density at radius 1 is 1.00 bits per heavy atom. The molecule has 46 heavy (non-hydrogen) atoms. The van der Waals surface area contributed by atoms with Gasteiger partial charge < -0.3 is 24.4 Å². The van der Waals surface area contributed by atoms with E-state index in [2.05, 4.69) is 5.32 Å². The van der Waals surface area contributed by atoms with Gasteiger partial charge in [0.1, 0.15) is 24.6 Å². The third-order valence-corrected chi connectivity index (χ3v) is 8.66. The van der Waals surface area contributed by atoms with Gasteiger partial charge in [-0.3, -0.25) is 4.79 Å². The summed E-state index contributed by atoms with van der Waals surface area (Å²) in [5.74, 6) is 0.293. The van der Waals surface area contributed by atoms with Crippen LogP contribution >= 0.6 is 11.3 Å². The molecule has 0 spiro atoms. The number of thiophene rings is 1.